The first-order valence-corrected chi connectivity index (χ1v) is 10.1. The van der Waals surface area contributed by atoms with Gasteiger partial charge in [0.25, 0.3) is 0 Å². The summed E-state index contributed by atoms with van der Waals surface area (Å²) >= 11 is 0. The van der Waals surface area contributed by atoms with Crippen molar-refractivity contribution in [1.29, 1.82) is 0 Å². The maximum absolute atomic E-state index is 13.1. The molecule has 8 nitrogen and oxygen atoms in total. The number of aromatic nitrogens is 3. The Morgan fingerprint density at radius 1 is 1.06 bits per heavy atom. The molecule has 1 N–H and O–H groups in total. The lowest BCUT2D eigenvalue weighted by molar-refractivity contribution is -0.116. The lowest BCUT2D eigenvalue weighted by Gasteiger charge is -2.39. The summed E-state index contributed by atoms with van der Waals surface area (Å²) in [6.07, 6.45) is 3.32. The molecule has 3 aliphatic rings. The second-order valence-corrected chi connectivity index (χ2v) is 8.33. The summed E-state index contributed by atoms with van der Waals surface area (Å²) in [7, 11) is 1.42. The maximum atomic E-state index is 13.1. The summed E-state index contributed by atoms with van der Waals surface area (Å²) < 4.78 is 3.78. The van der Waals surface area contributed by atoms with E-state index in [2.05, 4.69) is 0 Å². The van der Waals surface area contributed by atoms with Crippen LogP contribution >= 0.6 is 0 Å². The zero-order chi connectivity index (χ0) is 22.2. The monoisotopic (exact) mass is 419 g/mol. The van der Waals surface area contributed by atoms with Crippen LogP contribution in [0.4, 0.5) is 0 Å². The first-order chi connectivity index (χ1) is 14.7. The van der Waals surface area contributed by atoms with E-state index in [9.17, 15) is 24.3 Å². The molecule has 5 rings (SSSR count). The number of phenols is 1. The quantitative estimate of drug-likeness (QED) is 0.556. The van der Waals surface area contributed by atoms with Crippen LogP contribution in [0, 0.1) is 6.92 Å². The number of benzene rings is 1. The molecule has 1 aliphatic heterocycles. The van der Waals surface area contributed by atoms with Crippen LogP contribution in [0.1, 0.15) is 36.4 Å². The molecule has 0 saturated carbocycles. The van der Waals surface area contributed by atoms with Crippen molar-refractivity contribution in [2.24, 2.45) is 7.05 Å². The summed E-state index contributed by atoms with van der Waals surface area (Å²) in [6, 6.07) is 4.69. The molecule has 0 fully saturated rings. The highest BCUT2D eigenvalue weighted by Crippen LogP contribution is 2.51. The lowest BCUT2D eigenvalue weighted by atomic mass is 9.67. The van der Waals surface area contributed by atoms with Gasteiger partial charge in [0, 0.05) is 41.7 Å². The second-order valence-electron chi connectivity index (χ2n) is 8.33. The molecule has 2 aromatic rings. The molecule has 0 radical (unpaired) electrons. The Labute approximate surface area is 177 Å². The van der Waals surface area contributed by atoms with Gasteiger partial charge in [0.2, 0.25) is 0 Å². The zero-order valence-corrected chi connectivity index (χ0v) is 17.4. The Morgan fingerprint density at radius 3 is 2.55 bits per heavy atom. The van der Waals surface area contributed by atoms with E-state index in [4.69, 9.17) is 0 Å². The Balaban J connectivity index is 1.82. The molecular formula is C23H21N3O5. The van der Waals surface area contributed by atoms with E-state index in [1.54, 1.807) is 32.0 Å². The van der Waals surface area contributed by atoms with Crippen molar-refractivity contribution in [1.82, 2.24) is 13.9 Å². The van der Waals surface area contributed by atoms with Gasteiger partial charge >= 0.3 is 11.4 Å². The van der Waals surface area contributed by atoms with Crippen molar-refractivity contribution < 1.29 is 14.7 Å². The number of aromatic hydroxyl groups is 1. The lowest BCUT2D eigenvalue weighted by Crippen LogP contribution is -2.40. The highest BCUT2D eigenvalue weighted by atomic mass is 16.3. The molecule has 31 heavy (non-hydrogen) atoms. The molecular weight excluding hydrogens is 398 g/mol. The maximum Gasteiger partial charge on any atom is 0.347 e. The van der Waals surface area contributed by atoms with Gasteiger partial charge in [0.1, 0.15) is 5.75 Å². The van der Waals surface area contributed by atoms with Crippen LogP contribution in [0.15, 0.2) is 62.2 Å². The van der Waals surface area contributed by atoms with E-state index < -0.39 is 23.3 Å². The number of allylic oxidation sites excluding steroid dienone is 6. The first kappa shape index (κ1) is 19.3. The standard InChI is InChI=1S/C23H21N3O5/c1-11-5-4-6-14(20(11)28)18-13-7-8-25-22(30)24(3)23(31)26(25)16(13)10-15-19(18)17(27)9-12(2)21(15)29/h4-7,9,16,18,28H,8,10H2,1-3H3/t16-,18-/m1/s1. The number of fused-ring (bicyclic) bond motifs is 3. The van der Waals surface area contributed by atoms with Crippen LogP contribution in [0.25, 0.3) is 0 Å². The van der Waals surface area contributed by atoms with E-state index >= 15 is 0 Å². The molecule has 2 atom stereocenters. The molecule has 1 aromatic heterocycles. The third-order valence-electron chi connectivity index (χ3n) is 6.60. The summed E-state index contributed by atoms with van der Waals surface area (Å²) in [6.45, 7) is 3.53. The summed E-state index contributed by atoms with van der Waals surface area (Å²) in [5.74, 6) is -1.13. The molecule has 0 spiro atoms. The number of aryl methyl sites for hydroxylation is 1. The number of ketones is 2. The Kier molecular flexibility index (Phi) is 3.99. The third kappa shape index (κ3) is 2.47. The van der Waals surface area contributed by atoms with E-state index in [0.29, 0.717) is 27.8 Å². The molecule has 0 saturated heterocycles. The van der Waals surface area contributed by atoms with E-state index in [-0.39, 0.29) is 30.3 Å². The molecule has 1 aromatic carbocycles. The number of hydrogen-bond donors (Lipinski definition) is 1. The number of phenolic OH excluding ortho intramolecular Hbond substituents is 1. The molecule has 0 amide bonds. The van der Waals surface area contributed by atoms with Crippen LogP contribution in [-0.2, 0) is 23.2 Å². The van der Waals surface area contributed by atoms with Crippen molar-refractivity contribution in [3.8, 4) is 5.75 Å². The molecule has 8 heteroatoms. The average molecular weight is 419 g/mol. The number of para-hydroxylation sites is 1. The topological polar surface area (TPSA) is 103 Å². The number of nitrogens with zero attached hydrogens (tertiary/aromatic N) is 3. The third-order valence-corrected chi connectivity index (χ3v) is 6.60. The molecule has 0 bridgehead atoms. The highest BCUT2D eigenvalue weighted by Gasteiger charge is 2.45. The predicted octanol–water partition coefficient (Wildman–Crippen LogP) is 1.43. The van der Waals surface area contributed by atoms with E-state index in [0.717, 1.165) is 10.1 Å². The van der Waals surface area contributed by atoms with Gasteiger partial charge in [-0.1, -0.05) is 24.3 Å². The van der Waals surface area contributed by atoms with Gasteiger partial charge in [-0.3, -0.25) is 9.59 Å². The van der Waals surface area contributed by atoms with Crippen LogP contribution in [0.3, 0.4) is 0 Å². The number of hydrogen-bond acceptors (Lipinski definition) is 5. The highest BCUT2D eigenvalue weighted by molar-refractivity contribution is 6.23. The van der Waals surface area contributed by atoms with Crippen molar-refractivity contribution >= 4 is 11.6 Å². The summed E-state index contributed by atoms with van der Waals surface area (Å²) in [5.41, 5.74) is 2.02. The van der Waals surface area contributed by atoms with Gasteiger partial charge in [0.15, 0.2) is 11.6 Å². The van der Waals surface area contributed by atoms with Crippen LogP contribution in [0.5, 0.6) is 5.75 Å². The van der Waals surface area contributed by atoms with E-state index in [1.165, 1.54) is 22.5 Å². The van der Waals surface area contributed by atoms with E-state index in [1.807, 2.05) is 6.08 Å². The van der Waals surface area contributed by atoms with Crippen LogP contribution in [0.2, 0.25) is 0 Å². The van der Waals surface area contributed by atoms with Crippen molar-refractivity contribution in [3.05, 3.63) is 84.7 Å². The molecule has 0 unspecified atom stereocenters. The van der Waals surface area contributed by atoms with Gasteiger partial charge in [-0.05, 0) is 31.1 Å². The van der Waals surface area contributed by atoms with Crippen molar-refractivity contribution in [2.45, 2.75) is 38.8 Å². The molecule has 158 valence electrons. The minimum absolute atomic E-state index is 0.0517. The van der Waals surface area contributed by atoms with Crippen LogP contribution in [-0.4, -0.2) is 30.6 Å². The fraction of sp³-hybridized carbons (Fsp3) is 0.304. The average Bonchev–Trinajstić information content (AvgIpc) is 2.97. The number of rotatable bonds is 1. The molecule has 2 aliphatic carbocycles. The number of carbonyl (C=O) groups is 2. The van der Waals surface area contributed by atoms with Gasteiger partial charge in [0.05, 0.1) is 12.6 Å². The fourth-order valence-electron chi connectivity index (χ4n) is 5.03. The number of Topliss-reactive ketones (excluding diaryl/α,β-unsaturated/α-hetero) is 1. The first-order valence-electron chi connectivity index (χ1n) is 10.1. The Morgan fingerprint density at radius 2 is 1.81 bits per heavy atom. The minimum Gasteiger partial charge on any atom is -0.507 e. The normalized spacial score (nSPS) is 22.5. The predicted molar refractivity (Wildman–Crippen MR) is 112 cm³/mol. The Bertz CT molecular complexity index is 1410. The smallest absolute Gasteiger partial charge is 0.347 e. The van der Waals surface area contributed by atoms with Crippen molar-refractivity contribution in [3.63, 3.8) is 0 Å². The fourth-order valence-corrected chi connectivity index (χ4v) is 5.03. The van der Waals surface area contributed by atoms with Crippen molar-refractivity contribution in [2.75, 3.05) is 0 Å². The van der Waals surface area contributed by atoms with Gasteiger partial charge < -0.3 is 5.11 Å². The second kappa shape index (κ2) is 6.41. The summed E-state index contributed by atoms with van der Waals surface area (Å²) in [5, 5.41) is 10.8. The van der Waals surface area contributed by atoms with Gasteiger partial charge in [-0.2, -0.15) is 0 Å². The van der Waals surface area contributed by atoms with Gasteiger partial charge in [-0.15, -0.1) is 0 Å². The van der Waals surface area contributed by atoms with Gasteiger partial charge in [-0.25, -0.2) is 23.5 Å². The minimum atomic E-state index is -0.676. The van der Waals surface area contributed by atoms with Crippen LogP contribution < -0.4 is 11.4 Å². The number of carbonyl (C=O) groups excluding carboxylic acids is 2. The summed E-state index contributed by atoms with van der Waals surface area (Å²) in [4.78, 5) is 51.5. The SMILES string of the molecule is CC1=CC(=O)C2=C(C[C@@H]3C(=CCn4c(=O)n(C)c(=O)n43)[C@@H]2c2cccc(C)c2O)C1=O. The Hall–Kier alpha value is -3.68. The molecule has 2 heterocycles. The zero-order valence-electron chi connectivity index (χ0n) is 17.4. The largest absolute Gasteiger partial charge is 0.507 e.